The highest BCUT2D eigenvalue weighted by Gasteiger charge is 2.32. The molecule has 160 valence electrons. The van der Waals surface area contributed by atoms with E-state index in [2.05, 4.69) is 24.5 Å². The lowest BCUT2D eigenvalue weighted by Crippen LogP contribution is -2.41. The molecule has 0 aromatic heterocycles. The van der Waals surface area contributed by atoms with Crippen molar-refractivity contribution >= 4 is 53.3 Å². The Kier molecular flexibility index (Phi) is 12.6. The molecule has 1 aromatic rings. The highest BCUT2D eigenvalue weighted by Crippen LogP contribution is 2.35. The summed E-state index contributed by atoms with van der Waals surface area (Å²) in [5.74, 6) is 2.75. The molecule has 1 saturated heterocycles. The summed E-state index contributed by atoms with van der Waals surface area (Å²) in [5, 5.41) is 7.51. The molecular weight excluding hydrogens is 509 g/mol. The largest absolute Gasteiger partial charge is 0.497 e. The highest BCUT2D eigenvalue weighted by atomic mass is 127. The van der Waals surface area contributed by atoms with E-state index in [4.69, 9.17) is 26.1 Å². The summed E-state index contributed by atoms with van der Waals surface area (Å²) in [6, 6.07) is 5.81. The van der Waals surface area contributed by atoms with Gasteiger partial charge in [-0.1, -0.05) is 24.6 Å². The van der Waals surface area contributed by atoms with Crippen molar-refractivity contribution in [2.24, 2.45) is 4.99 Å². The van der Waals surface area contributed by atoms with Gasteiger partial charge in [0.15, 0.2) is 5.96 Å². The van der Waals surface area contributed by atoms with Crippen LogP contribution >= 0.6 is 47.3 Å². The third kappa shape index (κ3) is 8.16. The van der Waals surface area contributed by atoms with E-state index in [-0.39, 0.29) is 28.7 Å². The zero-order valence-corrected chi connectivity index (χ0v) is 21.0. The highest BCUT2D eigenvalue weighted by molar-refractivity contribution is 14.0. The standard InChI is InChI=1S/C20H32ClN3O2S.HI/c1-4-22-19(24-15-20(27-5-2)9-12-26-13-10-20)23-11-8-16-6-7-17(25-3)14-18(16)21;/h6-7,14H,4-5,8-13,15H2,1-3H3,(H2,22,23,24);1H. The third-order valence-electron chi connectivity index (χ3n) is 4.67. The number of aliphatic imine (C=N–C) groups is 1. The van der Waals surface area contributed by atoms with Crippen LogP contribution in [0.3, 0.4) is 0 Å². The van der Waals surface area contributed by atoms with Gasteiger partial charge in [-0.3, -0.25) is 4.99 Å². The molecule has 1 aliphatic heterocycles. The Bertz CT molecular complexity index is 608. The average Bonchev–Trinajstić information content (AvgIpc) is 2.68. The molecule has 0 radical (unpaired) electrons. The van der Waals surface area contributed by atoms with Crippen LogP contribution in [0.25, 0.3) is 0 Å². The van der Waals surface area contributed by atoms with Crippen molar-refractivity contribution in [2.75, 3.05) is 45.7 Å². The summed E-state index contributed by atoms with van der Waals surface area (Å²) in [5.41, 5.74) is 1.10. The maximum Gasteiger partial charge on any atom is 0.191 e. The zero-order chi connectivity index (χ0) is 19.5. The van der Waals surface area contributed by atoms with Crippen LogP contribution in [0.5, 0.6) is 5.75 Å². The molecule has 1 fully saturated rings. The third-order valence-corrected chi connectivity index (χ3v) is 6.46. The second-order valence-electron chi connectivity index (χ2n) is 6.56. The van der Waals surface area contributed by atoms with Crippen molar-refractivity contribution in [3.05, 3.63) is 28.8 Å². The summed E-state index contributed by atoms with van der Waals surface area (Å²) in [7, 11) is 1.65. The molecule has 0 atom stereocenters. The summed E-state index contributed by atoms with van der Waals surface area (Å²) < 4.78 is 11.0. The van der Waals surface area contributed by atoms with E-state index in [0.717, 1.165) is 80.2 Å². The number of benzene rings is 1. The molecule has 1 heterocycles. The Hall–Kier alpha value is -0.380. The fourth-order valence-corrected chi connectivity index (χ4v) is 4.62. The maximum absolute atomic E-state index is 6.33. The second-order valence-corrected chi connectivity index (χ2v) is 8.70. The van der Waals surface area contributed by atoms with Gasteiger partial charge in [0.1, 0.15) is 5.75 Å². The fraction of sp³-hybridized carbons (Fsp3) is 0.650. The molecule has 1 aromatic carbocycles. The van der Waals surface area contributed by atoms with Crippen molar-refractivity contribution in [1.29, 1.82) is 0 Å². The van der Waals surface area contributed by atoms with Crippen LogP contribution in [0.1, 0.15) is 32.3 Å². The molecule has 2 rings (SSSR count). The Balaban J connectivity index is 0.00000392. The number of hydrogen-bond acceptors (Lipinski definition) is 4. The van der Waals surface area contributed by atoms with Crippen LogP contribution in [0.2, 0.25) is 5.02 Å². The average molecular weight is 542 g/mol. The lowest BCUT2D eigenvalue weighted by molar-refractivity contribution is 0.0793. The van der Waals surface area contributed by atoms with Gasteiger partial charge in [-0.25, -0.2) is 0 Å². The molecular formula is C20H33ClIN3O2S. The molecule has 8 heteroatoms. The van der Waals surface area contributed by atoms with Crippen LogP contribution < -0.4 is 15.4 Å². The summed E-state index contributed by atoms with van der Waals surface area (Å²) in [6.45, 7) is 8.40. The van der Waals surface area contributed by atoms with Gasteiger partial charge in [0, 0.05) is 36.1 Å². The number of ether oxygens (including phenoxy) is 2. The van der Waals surface area contributed by atoms with Gasteiger partial charge >= 0.3 is 0 Å². The molecule has 0 spiro atoms. The number of guanidine groups is 1. The van der Waals surface area contributed by atoms with Crippen molar-refractivity contribution in [1.82, 2.24) is 10.6 Å². The van der Waals surface area contributed by atoms with Gasteiger partial charge in [-0.15, -0.1) is 24.0 Å². The van der Waals surface area contributed by atoms with Gasteiger partial charge in [-0.05, 0) is 49.6 Å². The van der Waals surface area contributed by atoms with E-state index in [9.17, 15) is 0 Å². The number of hydrogen-bond donors (Lipinski definition) is 2. The molecule has 0 unspecified atom stereocenters. The van der Waals surface area contributed by atoms with Gasteiger partial charge in [0.25, 0.3) is 0 Å². The van der Waals surface area contributed by atoms with Crippen LogP contribution in [0.15, 0.2) is 23.2 Å². The van der Waals surface area contributed by atoms with E-state index in [1.165, 1.54) is 0 Å². The zero-order valence-electron chi connectivity index (χ0n) is 17.1. The number of thioether (sulfide) groups is 1. The van der Waals surface area contributed by atoms with Crippen LogP contribution in [0.4, 0.5) is 0 Å². The maximum atomic E-state index is 6.33. The Morgan fingerprint density at radius 2 is 2.04 bits per heavy atom. The van der Waals surface area contributed by atoms with Crippen molar-refractivity contribution in [2.45, 2.75) is 37.9 Å². The predicted molar refractivity (Wildman–Crippen MR) is 132 cm³/mol. The van der Waals surface area contributed by atoms with Crippen molar-refractivity contribution in [3.63, 3.8) is 0 Å². The monoisotopic (exact) mass is 541 g/mol. The van der Waals surface area contributed by atoms with Crippen LogP contribution in [0, 0.1) is 0 Å². The first-order valence-electron chi connectivity index (χ1n) is 9.68. The molecule has 0 bridgehead atoms. The first-order chi connectivity index (χ1) is 13.1. The summed E-state index contributed by atoms with van der Waals surface area (Å²) >= 11 is 8.35. The minimum atomic E-state index is 0. The SMILES string of the molecule is CCNC(=NCC1(SCC)CCOCC1)NCCc1ccc(OC)cc1Cl.I. The molecule has 28 heavy (non-hydrogen) atoms. The lowest BCUT2D eigenvalue weighted by Gasteiger charge is -2.35. The van der Waals surface area contributed by atoms with E-state index in [0.29, 0.717) is 0 Å². The minimum absolute atomic E-state index is 0. The van der Waals surface area contributed by atoms with Gasteiger partial charge in [0.2, 0.25) is 0 Å². The van der Waals surface area contributed by atoms with E-state index >= 15 is 0 Å². The van der Waals surface area contributed by atoms with E-state index in [1.807, 2.05) is 30.0 Å². The number of nitrogens with zero attached hydrogens (tertiary/aromatic N) is 1. The minimum Gasteiger partial charge on any atom is -0.497 e. The number of nitrogens with one attached hydrogen (secondary N) is 2. The Labute approximate surface area is 195 Å². The second kappa shape index (κ2) is 13.8. The van der Waals surface area contributed by atoms with Crippen molar-refractivity contribution < 1.29 is 9.47 Å². The smallest absolute Gasteiger partial charge is 0.191 e. The molecule has 1 aliphatic rings. The van der Waals surface area contributed by atoms with Gasteiger partial charge in [-0.2, -0.15) is 11.8 Å². The Morgan fingerprint density at radius 3 is 2.64 bits per heavy atom. The van der Waals surface area contributed by atoms with E-state index < -0.39 is 0 Å². The molecule has 0 aliphatic carbocycles. The van der Waals surface area contributed by atoms with E-state index in [1.54, 1.807) is 7.11 Å². The molecule has 0 saturated carbocycles. The fourth-order valence-electron chi connectivity index (χ4n) is 3.14. The first-order valence-corrected chi connectivity index (χ1v) is 11.0. The number of halogens is 2. The van der Waals surface area contributed by atoms with Gasteiger partial charge < -0.3 is 20.1 Å². The number of rotatable bonds is 9. The molecule has 2 N–H and O–H groups in total. The first kappa shape index (κ1) is 25.7. The lowest BCUT2D eigenvalue weighted by atomic mass is 9.99. The predicted octanol–water partition coefficient (Wildman–Crippen LogP) is 4.37. The van der Waals surface area contributed by atoms with Crippen LogP contribution in [-0.2, 0) is 11.2 Å². The summed E-state index contributed by atoms with van der Waals surface area (Å²) in [4.78, 5) is 4.87. The van der Waals surface area contributed by atoms with Crippen molar-refractivity contribution in [3.8, 4) is 5.75 Å². The van der Waals surface area contributed by atoms with Crippen LogP contribution in [-0.4, -0.2) is 56.4 Å². The quantitative estimate of drug-likeness (QED) is 0.276. The molecule has 5 nitrogen and oxygen atoms in total. The Morgan fingerprint density at radius 1 is 1.29 bits per heavy atom. The summed E-state index contributed by atoms with van der Waals surface area (Å²) in [6.07, 6.45) is 2.96. The number of methoxy groups -OCH3 is 1. The topological polar surface area (TPSA) is 54.9 Å². The molecule has 0 amide bonds. The normalized spacial score (nSPS) is 16.2. The van der Waals surface area contributed by atoms with Gasteiger partial charge in [0.05, 0.1) is 13.7 Å².